The number of aromatic amines is 1. The fraction of sp³-hybridized carbons (Fsp3) is 0.375. The van der Waals surface area contributed by atoms with Gasteiger partial charge in [-0.1, -0.05) is 29.8 Å². The molecule has 1 aliphatic heterocycles. The largest absolute Gasteiger partial charge is 0.353 e. The predicted octanol–water partition coefficient (Wildman–Crippen LogP) is 3.16. The molecule has 22 heavy (non-hydrogen) atoms. The lowest BCUT2D eigenvalue weighted by atomic mass is 9.95. The molecule has 1 atom stereocenters. The second kappa shape index (κ2) is 6.48. The van der Waals surface area contributed by atoms with E-state index in [0.29, 0.717) is 17.8 Å². The van der Waals surface area contributed by atoms with Crippen LogP contribution in [0, 0.1) is 5.82 Å². The average Bonchev–Trinajstić information content (AvgIpc) is 2.49. The van der Waals surface area contributed by atoms with Gasteiger partial charge in [0.1, 0.15) is 16.8 Å². The highest BCUT2D eigenvalue weighted by Gasteiger charge is 2.25. The number of nitrogens with one attached hydrogen (secondary N) is 1. The van der Waals surface area contributed by atoms with E-state index in [0.717, 1.165) is 25.8 Å². The first-order valence-electron chi connectivity index (χ1n) is 7.40. The minimum atomic E-state index is -0.460. The molecule has 2 heterocycles. The monoisotopic (exact) mass is 321 g/mol. The molecule has 1 aromatic carbocycles. The standard InChI is InChI=1S/C16H17ClFN3O/c17-14-10-15(20-16(22)19-14)21-8-4-3-6-12(21)9-11-5-1-2-7-13(11)18/h1-2,5,7,10,12H,3-4,6,8-9H2,(H,19,20,22). The molecular weight excluding hydrogens is 305 g/mol. The molecule has 0 spiro atoms. The predicted molar refractivity (Wildman–Crippen MR) is 85.0 cm³/mol. The number of piperidine rings is 1. The van der Waals surface area contributed by atoms with Crippen molar-refractivity contribution >= 4 is 17.4 Å². The second-order valence-electron chi connectivity index (χ2n) is 5.53. The van der Waals surface area contributed by atoms with Crippen LogP contribution >= 0.6 is 11.6 Å². The van der Waals surface area contributed by atoms with Gasteiger partial charge in [-0.2, -0.15) is 4.98 Å². The van der Waals surface area contributed by atoms with E-state index in [-0.39, 0.29) is 17.0 Å². The van der Waals surface area contributed by atoms with Gasteiger partial charge in [-0.15, -0.1) is 0 Å². The van der Waals surface area contributed by atoms with E-state index in [9.17, 15) is 9.18 Å². The van der Waals surface area contributed by atoms with Crippen molar-refractivity contribution in [3.05, 3.63) is 57.3 Å². The third-order valence-electron chi connectivity index (χ3n) is 4.03. The fourth-order valence-corrected chi connectivity index (χ4v) is 3.17. The third-order valence-corrected chi connectivity index (χ3v) is 4.24. The summed E-state index contributed by atoms with van der Waals surface area (Å²) in [5, 5.41) is 0.269. The molecule has 1 unspecified atom stereocenters. The lowest BCUT2D eigenvalue weighted by Crippen LogP contribution is -2.42. The number of benzene rings is 1. The molecule has 0 radical (unpaired) electrons. The van der Waals surface area contributed by atoms with Crippen molar-refractivity contribution in [2.75, 3.05) is 11.4 Å². The summed E-state index contributed by atoms with van der Waals surface area (Å²) < 4.78 is 13.9. The summed E-state index contributed by atoms with van der Waals surface area (Å²) in [5.74, 6) is 0.375. The van der Waals surface area contributed by atoms with E-state index < -0.39 is 5.69 Å². The summed E-state index contributed by atoms with van der Waals surface area (Å²) in [6.45, 7) is 0.798. The van der Waals surface area contributed by atoms with Gasteiger partial charge in [-0.05, 0) is 37.3 Å². The van der Waals surface area contributed by atoms with E-state index >= 15 is 0 Å². The summed E-state index contributed by atoms with van der Waals surface area (Å²) >= 11 is 5.92. The van der Waals surface area contributed by atoms with Gasteiger partial charge < -0.3 is 4.90 Å². The third kappa shape index (κ3) is 3.30. The van der Waals surface area contributed by atoms with E-state index in [1.807, 2.05) is 6.07 Å². The van der Waals surface area contributed by atoms with Gasteiger partial charge in [0.15, 0.2) is 0 Å². The number of hydrogen-bond acceptors (Lipinski definition) is 3. The van der Waals surface area contributed by atoms with Gasteiger partial charge in [0.2, 0.25) is 0 Å². The van der Waals surface area contributed by atoms with Crippen LogP contribution in [0.4, 0.5) is 10.2 Å². The Hall–Kier alpha value is -1.88. The van der Waals surface area contributed by atoms with Crippen LogP contribution < -0.4 is 10.6 Å². The molecule has 1 saturated heterocycles. The maximum absolute atomic E-state index is 13.9. The van der Waals surface area contributed by atoms with Crippen LogP contribution in [0.15, 0.2) is 35.1 Å². The Morgan fingerprint density at radius 1 is 1.36 bits per heavy atom. The summed E-state index contributed by atoms with van der Waals surface area (Å²) in [7, 11) is 0. The Bertz CT molecular complexity index is 719. The smallest absolute Gasteiger partial charge is 0.348 e. The molecule has 1 fully saturated rings. The van der Waals surface area contributed by atoms with Crippen molar-refractivity contribution in [3.8, 4) is 0 Å². The van der Waals surface area contributed by atoms with Crippen LogP contribution in [0.2, 0.25) is 5.15 Å². The van der Waals surface area contributed by atoms with Gasteiger partial charge in [0.05, 0.1) is 0 Å². The molecule has 0 saturated carbocycles. The average molecular weight is 322 g/mol. The number of anilines is 1. The molecule has 6 heteroatoms. The molecule has 3 rings (SSSR count). The van der Waals surface area contributed by atoms with Crippen molar-refractivity contribution in [2.24, 2.45) is 0 Å². The highest BCUT2D eigenvalue weighted by atomic mass is 35.5. The number of hydrogen-bond donors (Lipinski definition) is 1. The zero-order valence-electron chi connectivity index (χ0n) is 12.1. The van der Waals surface area contributed by atoms with Gasteiger partial charge in [-0.3, -0.25) is 4.98 Å². The molecule has 1 aromatic heterocycles. The van der Waals surface area contributed by atoms with Gasteiger partial charge in [0, 0.05) is 18.7 Å². The first-order valence-corrected chi connectivity index (χ1v) is 7.78. The lowest BCUT2D eigenvalue weighted by molar-refractivity contribution is 0.447. The van der Waals surface area contributed by atoms with Crippen molar-refractivity contribution in [1.82, 2.24) is 9.97 Å². The zero-order chi connectivity index (χ0) is 15.5. The minimum absolute atomic E-state index is 0.121. The first-order chi connectivity index (χ1) is 10.6. The lowest BCUT2D eigenvalue weighted by Gasteiger charge is -2.36. The SMILES string of the molecule is O=c1nc(N2CCCCC2Cc2ccccc2F)cc(Cl)[nH]1. The Labute approximate surface area is 133 Å². The number of aromatic nitrogens is 2. The van der Waals surface area contributed by atoms with Gasteiger partial charge in [-0.25, -0.2) is 9.18 Å². The maximum Gasteiger partial charge on any atom is 0.348 e. The molecule has 0 amide bonds. The maximum atomic E-state index is 13.9. The fourth-order valence-electron chi connectivity index (χ4n) is 3.00. The molecule has 0 aliphatic carbocycles. The molecule has 0 bridgehead atoms. The number of nitrogens with zero attached hydrogens (tertiary/aromatic N) is 2. The van der Waals surface area contributed by atoms with Gasteiger partial charge in [0.25, 0.3) is 0 Å². The summed E-state index contributed by atoms with van der Waals surface area (Å²) in [6, 6.07) is 8.59. The van der Waals surface area contributed by atoms with Crippen LogP contribution in [-0.4, -0.2) is 22.6 Å². The summed E-state index contributed by atoms with van der Waals surface area (Å²) in [5.41, 5.74) is 0.230. The molecule has 1 aliphatic rings. The quantitative estimate of drug-likeness (QED) is 0.883. The topological polar surface area (TPSA) is 49.0 Å². The van der Waals surface area contributed by atoms with Crippen molar-refractivity contribution in [2.45, 2.75) is 31.7 Å². The minimum Gasteiger partial charge on any atom is -0.353 e. The highest BCUT2D eigenvalue weighted by Crippen LogP contribution is 2.26. The van der Waals surface area contributed by atoms with Crippen molar-refractivity contribution in [1.29, 1.82) is 0 Å². The normalized spacial score (nSPS) is 18.5. The van der Waals surface area contributed by atoms with Crippen LogP contribution in [0.3, 0.4) is 0 Å². The van der Waals surface area contributed by atoms with Crippen LogP contribution in [-0.2, 0) is 6.42 Å². The summed E-state index contributed by atoms with van der Waals surface area (Å²) in [6.07, 6.45) is 3.66. The van der Waals surface area contributed by atoms with E-state index in [1.54, 1.807) is 18.2 Å². The van der Waals surface area contributed by atoms with Crippen molar-refractivity contribution < 1.29 is 4.39 Å². The Morgan fingerprint density at radius 2 is 2.18 bits per heavy atom. The van der Waals surface area contributed by atoms with Crippen molar-refractivity contribution in [3.63, 3.8) is 0 Å². The van der Waals surface area contributed by atoms with Crippen LogP contribution in [0.5, 0.6) is 0 Å². The highest BCUT2D eigenvalue weighted by molar-refractivity contribution is 6.29. The van der Waals surface area contributed by atoms with E-state index in [4.69, 9.17) is 11.6 Å². The first kappa shape index (κ1) is 15.0. The number of halogens is 2. The molecule has 4 nitrogen and oxygen atoms in total. The van der Waals surface area contributed by atoms with E-state index in [1.165, 1.54) is 6.07 Å². The van der Waals surface area contributed by atoms with E-state index in [2.05, 4.69) is 14.9 Å². The Balaban J connectivity index is 1.88. The second-order valence-corrected chi connectivity index (χ2v) is 5.94. The Kier molecular flexibility index (Phi) is 4.43. The molecular formula is C16H17ClFN3O. The van der Waals surface area contributed by atoms with Crippen LogP contribution in [0.25, 0.3) is 0 Å². The van der Waals surface area contributed by atoms with Gasteiger partial charge >= 0.3 is 5.69 Å². The molecule has 116 valence electrons. The van der Waals surface area contributed by atoms with Crippen LogP contribution in [0.1, 0.15) is 24.8 Å². The number of H-pyrrole nitrogens is 1. The molecule has 1 N–H and O–H groups in total. The molecule has 2 aromatic rings. The summed E-state index contributed by atoms with van der Waals surface area (Å²) in [4.78, 5) is 20.0. The Morgan fingerprint density at radius 3 is 2.95 bits per heavy atom. The number of rotatable bonds is 3. The zero-order valence-corrected chi connectivity index (χ0v) is 12.8.